The maximum absolute atomic E-state index is 13.1. The molecule has 0 saturated heterocycles. The summed E-state index contributed by atoms with van der Waals surface area (Å²) < 4.78 is 45.4. The van der Waals surface area contributed by atoms with E-state index in [2.05, 4.69) is 0 Å². The molecule has 0 aliphatic heterocycles. The molecular weight excluding hydrogens is 495 g/mol. The molecule has 0 bridgehead atoms. The van der Waals surface area contributed by atoms with Gasteiger partial charge in [0.25, 0.3) is 0 Å². The van der Waals surface area contributed by atoms with Crippen LogP contribution in [0.5, 0.6) is 11.5 Å². The maximum Gasteiger partial charge on any atom is 0.446 e. The Balaban J connectivity index is 1.89. The molecule has 188 valence electrons. The van der Waals surface area contributed by atoms with Crippen molar-refractivity contribution >= 4 is 29.1 Å². The van der Waals surface area contributed by atoms with Crippen molar-refractivity contribution in [3.63, 3.8) is 0 Å². The summed E-state index contributed by atoms with van der Waals surface area (Å²) in [4.78, 5) is 2.04. The predicted octanol–water partition coefficient (Wildman–Crippen LogP) is 8.47. The molecule has 0 aromatic heterocycles. The lowest BCUT2D eigenvalue weighted by Crippen LogP contribution is -2.32. The third-order valence-corrected chi connectivity index (χ3v) is 6.65. The number of thioether (sulfide) groups is 1. The zero-order valence-electron chi connectivity index (χ0n) is 19.7. The summed E-state index contributed by atoms with van der Waals surface area (Å²) in [5.41, 5.74) is -2.13. The van der Waals surface area contributed by atoms with Gasteiger partial charge in [-0.25, -0.2) is 0 Å². The van der Waals surface area contributed by atoms with Gasteiger partial charge in [-0.15, -0.1) is 0 Å². The highest BCUT2D eigenvalue weighted by Crippen LogP contribution is 2.39. The number of alkyl halides is 3. The van der Waals surface area contributed by atoms with E-state index in [9.17, 15) is 18.3 Å². The van der Waals surface area contributed by atoms with Gasteiger partial charge in [-0.1, -0.05) is 56.1 Å². The molecule has 0 amide bonds. The van der Waals surface area contributed by atoms with E-state index in [-0.39, 0.29) is 29.7 Å². The number of anilines is 1. The fourth-order valence-electron chi connectivity index (χ4n) is 3.77. The first kappa shape index (κ1) is 27.2. The summed E-state index contributed by atoms with van der Waals surface area (Å²) in [7, 11) is 0. The molecule has 1 unspecified atom stereocenters. The number of aliphatic hydroxyl groups is 1. The number of ether oxygens (including phenoxy) is 1. The summed E-state index contributed by atoms with van der Waals surface area (Å²) in [6.45, 7) is 4.49. The first-order chi connectivity index (χ1) is 16.7. The number of nitrogens with zero attached hydrogens (tertiary/aromatic N) is 1. The predicted molar refractivity (Wildman–Crippen MR) is 138 cm³/mol. The molecule has 0 saturated carbocycles. The van der Waals surface area contributed by atoms with E-state index in [0.29, 0.717) is 28.5 Å². The van der Waals surface area contributed by atoms with Crippen LogP contribution in [-0.2, 0) is 13.0 Å². The van der Waals surface area contributed by atoms with Crippen LogP contribution in [0.4, 0.5) is 18.9 Å². The minimum Gasteiger partial charge on any atom is -0.457 e. The van der Waals surface area contributed by atoms with Gasteiger partial charge < -0.3 is 14.7 Å². The Bertz CT molecular complexity index is 1110. The summed E-state index contributed by atoms with van der Waals surface area (Å²) in [5.74, 6) is 1.23. The zero-order chi connectivity index (χ0) is 25.4. The largest absolute Gasteiger partial charge is 0.457 e. The average Bonchev–Trinajstić information content (AvgIpc) is 2.80. The number of halogens is 4. The highest BCUT2D eigenvalue weighted by atomic mass is 35.5. The van der Waals surface area contributed by atoms with Gasteiger partial charge in [-0.2, -0.15) is 13.2 Å². The monoisotopic (exact) mass is 523 g/mol. The fraction of sp³-hybridized carbons (Fsp3) is 0.333. The molecule has 35 heavy (non-hydrogen) atoms. The molecule has 1 N–H and O–H groups in total. The van der Waals surface area contributed by atoms with Crippen LogP contribution >= 0.6 is 23.4 Å². The molecule has 3 rings (SSSR count). The van der Waals surface area contributed by atoms with Crippen molar-refractivity contribution < 1.29 is 23.0 Å². The molecule has 0 heterocycles. The van der Waals surface area contributed by atoms with Crippen LogP contribution in [-0.4, -0.2) is 23.3 Å². The number of aryl methyl sites for hydroxylation is 1. The molecule has 0 radical (unpaired) electrons. The van der Waals surface area contributed by atoms with Gasteiger partial charge in [0.2, 0.25) is 0 Å². The minimum atomic E-state index is -4.38. The van der Waals surface area contributed by atoms with E-state index in [1.54, 1.807) is 30.3 Å². The number of hydrogen-bond donors (Lipinski definition) is 1. The van der Waals surface area contributed by atoms with E-state index in [4.69, 9.17) is 16.3 Å². The highest BCUT2D eigenvalue weighted by Gasteiger charge is 2.30. The summed E-state index contributed by atoms with van der Waals surface area (Å²) in [6.07, 6.45) is 1.55. The van der Waals surface area contributed by atoms with Crippen LogP contribution in [0, 0.1) is 0 Å². The molecular formula is C27H29ClF3NO2S. The lowest BCUT2D eigenvalue weighted by atomic mass is 10.1. The summed E-state index contributed by atoms with van der Waals surface area (Å²) in [5, 5.41) is 11.2. The van der Waals surface area contributed by atoms with Crippen LogP contribution in [0.25, 0.3) is 0 Å². The molecule has 0 aliphatic carbocycles. The molecule has 3 nitrogen and oxygen atoms in total. The van der Waals surface area contributed by atoms with Crippen LogP contribution in [0.1, 0.15) is 37.8 Å². The lowest BCUT2D eigenvalue weighted by Gasteiger charge is -2.28. The van der Waals surface area contributed by atoms with Crippen molar-refractivity contribution in [2.24, 2.45) is 0 Å². The van der Waals surface area contributed by atoms with Crippen LogP contribution < -0.4 is 9.64 Å². The van der Waals surface area contributed by atoms with E-state index >= 15 is 0 Å². The van der Waals surface area contributed by atoms with Gasteiger partial charge in [0.1, 0.15) is 11.5 Å². The first-order valence-corrected chi connectivity index (χ1v) is 12.7. The Hall–Kier alpha value is -2.35. The maximum atomic E-state index is 13.1. The van der Waals surface area contributed by atoms with E-state index in [1.165, 1.54) is 6.07 Å². The SMILES string of the molecule is CCCC(O)CN(Cc1ccccc1SC(F)(F)F)c1cccc(Oc2ccc(Cl)c(CC)c2)c1. The molecule has 3 aromatic carbocycles. The fourth-order valence-corrected chi connectivity index (χ4v) is 4.68. The van der Waals surface area contributed by atoms with Gasteiger partial charge in [0.15, 0.2) is 0 Å². The number of hydrogen-bond acceptors (Lipinski definition) is 4. The normalized spacial score (nSPS) is 12.4. The number of benzene rings is 3. The minimum absolute atomic E-state index is 0.121. The summed E-state index contributed by atoms with van der Waals surface area (Å²) in [6, 6.07) is 19.3. The van der Waals surface area contributed by atoms with Crippen molar-refractivity contribution in [2.75, 3.05) is 11.4 Å². The second-order valence-electron chi connectivity index (χ2n) is 8.18. The Morgan fingerprint density at radius 3 is 2.43 bits per heavy atom. The Morgan fingerprint density at radius 2 is 1.71 bits per heavy atom. The van der Waals surface area contributed by atoms with Gasteiger partial charge in [0, 0.05) is 34.8 Å². The molecule has 0 spiro atoms. The third-order valence-electron chi connectivity index (χ3n) is 5.43. The van der Waals surface area contributed by atoms with Crippen LogP contribution in [0.15, 0.2) is 71.6 Å². The van der Waals surface area contributed by atoms with Gasteiger partial charge in [-0.05, 0) is 72.1 Å². The van der Waals surface area contributed by atoms with E-state index in [0.717, 1.165) is 24.1 Å². The Morgan fingerprint density at radius 1 is 0.971 bits per heavy atom. The molecule has 8 heteroatoms. The van der Waals surface area contributed by atoms with Gasteiger partial charge in [0.05, 0.1) is 6.10 Å². The second kappa shape index (κ2) is 12.6. The zero-order valence-corrected chi connectivity index (χ0v) is 21.3. The molecule has 3 aromatic rings. The number of aliphatic hydroxyl groups excluding tert-OH is 1. The Labute approximate surface area is 213 Å². The van der Waals surface area contributed by atoms with E-state index in [1.807, 2.05) is 49.1 Å². The van der Waals surface area contributed by atoms with Crippen LogP contribution in [0.3, 0.4) is 0 Å². The Kier molecular flexibility index (Phi) is 9.78. The molecule has 0 aliphatic rings. The van der Waals surface area contributed by atoms with Gasteiger partial charge in [-0.3, -0.25) is 0 Å². The van der Waals surface area contributed by atoms with Crippen molar-refractivity contribution in [3.05, 3.63) is 82.9 Å². The molecule has 1 atom stereocenters. The van der Waals surface area contributed by atoms with Crippen molar-refractivity contribution in [1.29, 1.82) is 0 Å². The number of rotatable bonds is 11. The first-order valence-electron chi connectivity index (χ1n) is 11.5. The second-order valence-corrected chi connectivity index (χ2v) is 9.70. The van der Waals surface area contributed by atoms with E-state index < -0.39 is 11.6 Å². The smallest absolute Gasteiger partial charge is 0.446 e. The quantitative estimate of drug-likeness (QED) is 0.255. The van der Waals surface area contributed by atoms with Crippen molar-refractivity contribution in [1.82, 2.24) is 0 Å². The van der Waals surface area contributed by atoms with Crippen LogP contribution in [0.2, 0.25) is 5.02 Å². The highest BCUT2D eigenvalue weighted by molar-refractivity contribution is 8.00. The molecule has 0 fully saturated rings. The summed E-state index contributed by atoms with van der Waals surface area (Å²) >= 11 is 6.09. The lowest BCUT2D eigenvalue weighted by molar-refractivity contribution is -0.0328. The topological polar surface area (TPSA) is 32.7 Å². The van der Waals surface area contributed by atoms with Crippen molar-refractivity contribution in [2.45, 2.75) is 56.2 Å². The standard InChI is InChI=1S/C27H29ClF3NO2S/c1-3-8-22(33)18-32(17-20-9-5-6-12-26(20)35-27(29,30)31)21-10-7-11-23(16-21)34-24-13-14-25(28)19(4-2)15-24/h5-7,9-16,22,33H,3-4,8,17-18H2,1-2H3. The average molecular weight is 524 g/mol. The van der Waals surface area contributed by atoms with Gasteiger partial charge >= 0.3 is 5.51 Å². The third kappa shape index (κ3) is 8.37. The van der Waals surface area contributed by atoms with Crippen molar-refractivity contribution in [3.8, 4) is 11.5 Å².